The van der Waals surface area contributed by atoms with Crippen molar-refractivity contribution in [3.8, 4) is 0 Å². The first kappa shape index (κ1) is 50.8. The minimum Gasteiger partial charge on any atom is -0.459 e. The predicted molar refractivity (Wildman–Crippen MR) is 212 cm³/mol. The van der Waals surface area contributed by atoms with Crippen LogP contribution in [-0.4, -0.2) is 175 Å². The molecule has 5 N–H and O–H groups in total. The minimum atomic E-state index is -1.97. The molecule has 3 heterocycles. The van der Waals surface area contributed by atoms with Crippen molar-refractivity contribution in [2.24, 2.45) is 28.8 Å². The monoisotopic (exact) mass is 837 g/mol. The summed E-state index contributed by atoms with van der Waals surface area (Å²) >= 11 is 0. The number of aliphatic hydroxyl groups excluding tert-OH is 3. The lowest BCUT2D eigenvalue weighted by Crippen LogP contribution is -2.61. The Balaban J connectivity index is 2.22. The van der Waals surface area contributed by atoms with Gasteiger partial charge in [-0.1, -0.05) is 32.9 Å². The molecule has 3 saturated heterocycles. The van der Waals surface area contributed by atoms with Gasteiger partial charge in [-0.25, -0.2) is 0 Å². The van der Waals surface area contributed by atoms with Crippen LogP contribution in [0.25, 0.3) is 0 Å². The Labute approximate surface area is 345 Å². The van der Waals surface area contributed by atoms with Crippen LogP contribution in [0.1, 0.15) is 94.9 Å². The number of rotatable bonds is 13. The Morgan fingerprint density at radius 1 is 0.897 bits per heavy atom. The first-order chi connectivity index (χ1) is 27.0. The van der Waals surface area contributed by atoms with Crippen LogP contribution in [0.2, 0.25) is 0 Å². The first-order valence-electron chi connectivity index (χ1n) is 20.8. The normalized spacial score (nSPS) is 45.8. The zero-order valence-electron chi connectivity index (χ0n) is 37.3. The number of aliphatic hydroxyl groups is 5. The highest BCUT2D eigenvalue weighted by molar-refractivity contribution is 5.88. The van der Waals surface area contributed by atoms with Crippen LogP contribution in [0.15, 0.2) is 5.16 Å². The van der Waals surface area contributed by atoms with Crippen molar-refractivity contribution in [2.45, 2.75) is 179 Å². The average molecular weight is 837 g/mol. The Hall–Kier alpha value is -1.58. The van der Waals surface area contributed by atoms with Gasteiger partial charge in [-0.3, -0.25) is 4.79 Å². The molecule has 3 rings (SSSR count). The smallest absolute Gasteiger partial charge is 0.311 e. The maximum atomic E-state index is 14.3. The van der Waals surface area contributed by atoms with E-state index in [1.807, 2.05) is 32.8 Å². The summed E-state index contributed by atoms with van der Waals surface area (Å²) in [6.45, 7) is 17.3. The van der Waals surface area contributed by atoms with Crippen molar-refractivity contribution in [1.29, 1.82) is 0 Å². The first-order valence-corrected chi connectivity index (χ1v) is 20.8. The van der Waals surface area contributed by atoms with Crippen LogP contribution in [-0.2, 0) is 47.5 Å². The number of hydrogen-bond acceptors (Lipinski definition) is 17. The van der Waals surface area contributed by atoms with Gasteiger partial charge in [-0.05, 0) is 74.9 Å². The lowest BCUT2D eigenvalue weighted by Gasteiger charge is -2.49. The van der Waals surface area contributed by atoms with Gasteiger partial charge in [0, 0.05) is 44.4 Å². The number of esters is 1. The molecule has 17 nitrogen and oxygen atoms in total. The van der Waals surface area contributed by atoms with E-state index in [9.17, 15) is 30.3 Å². The van der Waals surface area contributed by atoms with E-state index in [0.29, 0.717) is 18.7 Å². The van der Waals surface area contributed by atoms with Crippen molar-refractivity contribution in [3.05, 3.63) is 0 Å². The molecular weight excluding hydrogens is 760 g/mol. The summed E-state index contributed by atoms with van der Waals surface area (Å²) in [7, 11) is 6.76. The van der Waals surface area contributed by atoms with E-state index < -0.39 is 102 Å². The summed E-state index contributed by atoms with van der Waals surface area (Å²) in [6, 6.07) is -0.328. The molecule has 0 spiro atoms. The van der Waals surface area contributed by atoms with Gasteiger partial charge >= 0.3 is 5.97 Å². The Kier molecular flexibility index (Phi) is 18.8. The highest BCUT2D eigenvalue weighted by Crippen LogP contribution is 2.41. The number of carbonyl (C=O) groups excluding carboxylic acids is 1. The van der Waals surface area contributed by atoms with Crippen LogP contribution in [0.5, 0.6) is 0 Å². The second kappa shape index (κ2) is 21.5. The van der Waals surface area contributed by atoms with Crippen molar-refractivity contribution in [2.75, 3.05) is 48.3 Å². The number of ether oxygens (including phenoxy) is 8. The second-order valence-corrected chi connectivity index (χ2v) is 17.7. The fourth-order valence-electron chi connectivity index (χ4n) is 8.93. The van der Waals surface area contributed by atoms with Crippen molar-refractivity contribution >= 4 is 11.7 Å². The van der Waals surface area contributed by atoms with Crippen molar-refractivity contribution in [1.82, 2.24) is 4.90 Å². The lowest BCUT2D eigenvalue weighted by molar-refractivity contribution is -0.317. The van der Waals surface area contributed by atoms with Crippen LogP contribution in [0.3, 0.4) is 0 Å². The van der Waals surface area contributed by atoms with Gasteiger partial charge in [-0.2, -0.15) is 0 Å². The molecule has 58 heavy (non-hydrogen) atoms. The molecule has 0 saturated carbocycles. The number of cyclic esters (lactones) is 1. The third-order valence-corrected chi connectivity index (χ3v) is 12.6. The highest BCUT2D eigenvalue weighted by atomic mass is 16.7. The molecule has 0 radical (unpaired) electrons. The third kappa shape index (κ3) is 12.1. The highest BCUT2D eigenvalue weighted by Gasteiger charge is 2.53. The second-order valence-electron chi connectivity index (χ2n) is 17.7. The summed E-state index contributed by atoms with van der Waals surface area (Å²) in [5.41, 5.74) is -4.49. The van der Waals surface area contributed by atoms with Crippen LogP contribution in [0.4, 0.5) is 0 Å². The van der Waals surface area contributed by atoms with E-state index in [4.69, 9.17) is 42.7 Å². The Morgan fingerprint density at radius 2 is 1.55 bits per heavy atom. The molecule has 0 bridgehead atoms. The largest absolute Gasteiger partial charge is 0.459 e. The van der Waals surface area contributed by atoms with Gasteiger partial charge < -0.3 is 73.2 Å². The molecule has 3 fully saturated rings. The molecular formula is C41H76N2O15. The van der Waals surface area contributed by atoms with Gasteiger partial charge in [0.15, 0.2) is 12.6 Å². The zero-order chi connectivity index (χ0) is 43.9. The average Bonchev–Trinajstić information content (AvgIpc) is 3.15. The molecule has 0 aliphatic carbocycles. The predicted octanol–water partition coefficient (Wildman–Crippen LogP) is 2.21. The molecule has 18 atom stereocenters. The number of oxime groups is 1. The van der Waals surface area contributed by atoms with E-state index in [0.717, 1.165) is 0 Å². The number of carbonyl (C=O) groups is 1. The minimum absolute atomic E-state index is 0.0307. The Morgan fingerprint density at radius 3 is 2.14 bits per heavy atom. The van der Waals surface area contributed by atoms with E-state index in [1.165, 1.54) is 14.0 Å². The summed E-state index contributed by atoms with van der Waals surface area (Å²) in [5.74, 6) is -4.14. The molecule has 0 aromatic rings. The van der Waals surface area contributed by atoms with Gasteiger partial charge in [0.2, 0.25) is 6.79 Å². The SMILES string of the molecule is CC[C@@H]1OC(=O)[C@H](C)[C@@H](O[C@H]2C[C@@](C)(OC)[C@@H](O)[C@H](C)O2)[C@H](C)[C@@H](O[C@@H]2O[C@H](C)C[C@H](N(C)C)[C@H]2O)[C@](C)(O)C[C@@H](C)/C(=N/OCOCCOC)[C@@H](C)[C@@H](O)[C@]1(C)O. The fourth-order valence-corrected chi connectivity index (χ4v) is 8.93. The molecule has 0 amide bonds. The van der Waals surface area contributed by atoms with Gasteiger partial charge in [0.05, 0.1) is 66.6 Å². The molecule has 3 aliphatic rings. The standard InChI is InChI=1S/C41H76N2O15/c1-15-29-41(10,49)34(45)24(4)31(42-53-21-52-17-16-50-13)22(2)19-39(8,48)36(58-38-32(44)28(43(11)12)18-23(3)54-38)25(5)33(26(6)37(47)56-29)57-30-20-40(9,51-14)35(46)27(7)55-30/h22-30,32-36,38,44-46,48-49H,15-21H2,1-14H3/b42-31-/t22-,23-,24-,25+,26-,27+,28+,29+,30+,32-,33+,34-,35+,36-,38+,39-,40-,41-/m1/s1. The lowest BCUT2D eigenvalue weighted by atomic mass is 9.73. The summed E-state index contributed by atoms with van der Waals surface area (Å²) in [5, 5.41) is 63.6. The maximum absolute atomic E-state index is 14.3. The van der Waals surface area contributed by atoms with Crippen molar-refractivity contribution < 1.29 is 73.1 Å². The van der Waals surface area contributed by atoms with Crippen LogP contribution < -0.4 is 0 Å². The Bertz CT molecular complexity index is 1300. The zero-order valence-corrected chi connectivity index (χ0v) is 37.3. The topological polar surface area (TPSA) is 217 Å². The third-order valence-electron chi connectivity index (χ3n) is 12.6. The molecule has 17 heteroatoms. The van der Waals surface area contributed by atoms with Crippen LogP contribution >= 0.6 is 0 Å². The summed E-state index contributed by atoms with van der Waals surface area (Å²) in [6.07, 6.45) is -9.49. The maximum Gasteiger partial charge on any atom is 0.311 e. The van der Waals surface area contributed by atoms with E-state index in [1.54, 1.807) is 55.6 Å². The van der Waals surface area contributed by atoms with E-state index >= 15 is 0 Å². The van der Waals surface area contributed by atoms with Gasteiger partial charge in [0.25, 0.3) is 0 Å². The molecule has 0 unspecified atom stereocenters. The quantitative estimate of drug-likeness (QED) is 0.0778. The molecule has 0 aromatic carbocycles. The van der Waals surface area contributed by atoms with Gasteiger partial charge in [0.1, 0.15) is 23.9 Å². The van der Waals surface area contributed by atoms with Crippen molar-refractivity contribution in [3.63, 3.8) is 0 Å². The molecule has 340 valence electrons. The number of likely N-dealkylation sites (N-methyl/N-ethyl adjacent to an activating group) is 1. The fraction of sp³-hybridized carbons (Fsp3) is 0.951. The number of nitrogens with zero attached hydrogens (tertiary/aromatic N) is 2. The molecule has 0 aromatic heterocycles. The molecule has 3 aliphatic heterocycles. The van der Waals surface area contributed by atoms with E-state index in [2.05, 4.69) is 5.16 Å². The number of methoxy groups -OCH3 is 2. The van der Waals surface area contributed by atoms with Crippen LogP contribution in [0, 0.1) is 23.7 Å². The number of hydrogen-bond donors (Lipinski definition) is 5. The van der Waals surface area contributed by atoms with E-state index in [-0.39, 0.29) is 44.8 Å². The summed E-state index contributed by atoms with van der Waals surface area (Å²) < 4.78 is 48.1. The summed E-state index contributed by atoms with van der Waals surface area (Å²) in [4.78, 5) is 21.8. The van der Waals surface area contributed by atoms with Gasteiger partial charge in [-0.15, -0.1) is 0 Å².